The van der Waals surface area contributed by atoms with E-state index >= 15 is 0 Å². The molecule has 0 unspecified atom stereocenters. The second-order valence-electron chi connectivity index (χ2n) is 4.61. The lowest BCUT2D eigenvalue weighted by Gasteiger charge is -2.08. The number of hydrogen-bond donors (Lipinski definition) is 1. The zero-order valence-electron chi connectivity index (χ0n) is 11.6. The van der Waals surface area contributed by atoms with Crippen molar-refractivity contribution in [1.82, 2.24) is 0 Å². The average molecular weight is 361 g/mol. The molecule has 1 amide bonds. The summed E-state index contributed by atoms with van der Waals surface area (Å²) >= 11 is 4.82. The smallest absolute Gasteiger partial charge is 0.266 e. The van der Waals surface area contributed by atoms with Crippen LogP contribution < -0.4 is 5.32 Å². The van der Waals surface area contributed by atoms with E-state index in [2.05, 4.69) is 21.2 Å². The Hall–Kier alpha value is -1.90. The first kappa shape index (κ1) is 15.5. The quantitative estimate of drug-likeness (QED) is 0.638. The number of nitrogens with one attached hydrogen (secondary N) is 1. The van der Waals surface area contributed by atoms with Crippen LogP contribution in [0.5, 0.6) is 0 Å². The highest BCUT2D eigenvalue weighted by atomic mass is 79.9. The van der Waals surface area contributed by atoms with Gasteiger partial charge in [-0.15, -0.1) is 11.3 Å². The molecule has 0 atom stereocenters. The standard InChI is InChI=1S/C16H13BrN2OS/c1-10-3-4-11(2)15(5-10)19-16(20)12(8-18)6-14-7-13(17)9-21-14/h3-7,9H,1-2H3,(H,19,20)/b12-6+. The van der Waals surface area contributed by atoms with Crippen molar-refractivity contribution in [2.75, 3.05) is 5.32 Å². The zero-order valence-corrected chi connectivity index (χ0v) is 14.0. The third kappa shape index (κ3) is 4.03. The monoisotopic (exact) mass is 360 g/mol. The highest BCUT2D eigenvalue weighted by Gasteiger charge is 2.11. The van der Waals surface area contributed by atoms with Gasteiger partial charge in [0.1, 0.15) is 11.6 Å². The number of rotatable bonds is 3. The Kier molecular flexibility index (Phi) is 4.94. The molecule has 1 heterocycles. The van der Waals surface area contributed by atoms with E-state index in [-0.39, 0.29) is 5.57 Å². The molecule has 0 aliphatic rings. The Labute approximate surface area is 136 Å². The summed E-state index contributed by atoms with van der Waals surface area (Å²) in [6.45, 7) is 3.88. The SMILES string of the molecule is Cc1ccc(C)c(NC(=O)/C(C#N)=C/c2cc(Br)cs2)c1. The van der Waals surface area contributed by atoms with E-state index in [4.69, 9.17) is 0 Å². The fraction of sp³-hybridized carbons (Fsp3) is 0.125. The molecular formula is C16H13BrN2OS. The van der Waals surface area contributed by atoms with E-state index in [0.717, 1.165) is 26.2 Å². The lowest BCUT2D eigenvalue weighted by Crippen LogP contribution is -2.14. The predicted molar refractivity (Wildman–Crippen MR) is 90.2 cm³/mol. The first-order valence-corrected chi connectivity index (χ1v) is 7.91. The van der Waals surface area contributed by atoms with Gasteiger partial charge in [-0.05, 0) is 59.1 Å². The predicted octanol–water partition coefficient (Wildman–Crippen LogP) is 4.67. The van der Waals surface area contributed by atoms with Gasteiger partial charge >= 0.3 is 0 Å². The van der Waals surface area contributed by atoms with Crippen molar-refractivity contribution < 1.29 is 4.79 Å². The molecule has 0 saturated carbocycles. The minimum absolute atomic E-state index is 0.0882. The van der Waals surface area contributed by atoms with Crippen LogP contribution in [0.15, 0.2) is 39.7 Å². The zero-order chi connectivity index (χ0) is 15.4. The van der Waals surface area contributed by atoms with Gasteiger partial charge in [0.25, 0.3) is 5.91 Å². The lowest BCUT2D eigenvalue weighted by molar-refractivity contribution is -0.112. The van der Waals surface area contributed by atoms with Crippen LogP contribution in [-0.4, -0.2) is 5.91 Å². The molecule has 1 aromatic carbocycles. The molecule has 1 aromatic heterocycles. The molecule has 106 valence electrons. The van der Waals surface area contributed by atoms with Crippen LogP contribution >= 0.6 is 27.3 Å². The Morgan fingerprint density at radius 3 is 2.76 bits per heavy atom. The Balaban J connectivity index is 2.23. The fourth-order valence-corrected chi connectivity index (χ4v) is 3.13. The van der Waals surface area contributed by atoms with Crippen LogP contribution in [-0.2, 0) is 4.79 Å². The van der Waals surface area contributed by atoms with Crippen molar-refractivity contribution in [3.63, 3.8) is 0 Å². The van der Waals surface area contributed by atoms with Crippen molar-refractivity contribution in [2.45, 2.75) is 13.8 Å². The molecule has 0 saturated heterocycles. The number of thiophene rings is 1. The first-order chi connectivity index (χ1) is 9.99. The second kappa shape index (κ2) is 6.70. The van der Waals surface area contributed by atoms with E-state index in [9.17, 15) is 10.1 Å². The summed E-state index contributed by atoms with van der Waals surface area (Å²) in [4.78, 5) is 13.1. The summed E-state index contributed by atoms with van der Waals surface area (Å²) in [5.41, 5.74) is 2.84. The molecule has 3 nitrogen and oxygen atoms in total. The minimum Gasteiger partial charge on any atom is -0.321 e. The number of halogens is 1. The van der Waals surface area contributed by atoms with Crippen LogP contribution in [0.2, 0.25) is 0 Å². The largest absolute Gasteiger partial charge is 0.321 e. The van der Waals surface area contributed by atoms with Crippen LogP contribution in [0.4, 0.5) is 5.69 Å². The number of anilines is 1. The molecule has 0 aliphatic heterocycles. The summed E-state index contributed by atoms with van der Waals surface area (Å²) in [6, 6.07) is 9.64. The third-order valence-electron chi connectivity index (χ3n) is 2.88. The van der Waals surface area contributed by atoms with Crippen LogP contribution in [0.1, 0.15) is 16.0 Å². The van der Waals surface area contributed by atoms with Crippen molar-refractivity contribution in [2.24, 2.45) is 0 Å². The van der Waals surface area contributed by atoms with Crippen molar-refractivity contribution >= 4 is 44.9 Å². The van der Waals surface area contributed by atoms with Crippen molar-refractivity contribution in [3.05, 3.63) is 55.7 Å². The summed E-state index contributed by atoms with van der Waals surface area (Å²) in [5, 5.41) is 13.9. The van der Waals surface area contributed by atoms with Gasteiger partial charge in [-0.25, -0.2) is 0 Å². The summed E-state index contributed by atoms with van der Waals surface area (Å²) in [5.74, 6) is -0.393. The number of carbonyl (C=O) groups excluding carboxylic acids is 1. The number of benzene rings is 1. The van der Waals surface area contributed by atoms with Gasteiger partial charge in [0.05, 0.1) is 0 Å². The maximum atomic E-state index is 12.2. The molecule has 21 heavy (non-hydrogen) atoms. The second-order valence-corrected chi connectivity index (χ2v) is 6.47. The molecule has 5 heteroatoms. The summed E-state index contributed by atoms with van der Waals surface area (Å²) in [7, 11) is 0. The number of amides is 1. The Morgan fingerprint density at radius 2 is 2.14 bits per heavy atom. The van der Waals surface area contributed by atoms with Crippen LogP contribution in [0.25, 0.3) is 6.08 Å². The summed E-state index contributed by atoms with van der Waals surface area (Å²) in [6.07, 6.45) is 1.59. The molecule has 0 fully saturated rings. The molecule has 2 rings (SSSR count). The first-order valence-electron chi connectivity index (χ1n) is 6.24. The average Bonchev–Trinajstić information content (AvgIpc) is 2.85. The third-order valence-corrected chi connectivity index (χ3v) is 4.52. The Morgan fingerprint density at radius 1 is 1.38 bits per heavy atom. The van der Waals surface area contributed by atoms with E-state index in [0.29, 0.717) is 0 Å². The normalized spacial score (nSPS) is 11.0. The minimum atomic E-state index is -0.393. The number of aryl methyl sites for hydroxylation is 2. The Bertz CT molecular complexity index is 756. The van der Waals surface area contributed by atoms with E-state index in [1.165, 1.54) is 11.3 Å². The molecule has 2 aromatic rings. The molecular weight excluding hydrogens is 348 g/mol. The highest BCUT2D eigenvalue weighted by molar-refractivity contribution is 9.10. The van der Waals surface area contributed by atoms with Gasteiger partial charge in [0.2, 0.25) is 0 Å². The van der Waals surface area contributed by atoms with Gasteiger partial charge in [-0.2, -0.15) is 5.26 Å². The molecule has 0 bridgehead atoms. The van der Waals surface area contributed by atoms with E-state index in [1.54, 1.807) is 6.08 Å². The van der Waals surface area contributed by atoms with Crippen LogP contribution in [0, 0.1) is 25.2 Å². The molecule has 0 aliphatic carbocycles. The number of nitriles is 1. The van der Waals surface area contributed by atoms with E-state index in [1.807, 2.05) is 49.6 Å². The fourth-order valence-electron chi connectivity index (χ4n) is 1.75. The van der Waals surface area contributed by atoms with Gasteiger partial charge < -0.3 is 5.32 Å². The molecule has 1 N–H and O–H groups in total. The number of hydrogen-bond acceptors (Lipinski definition) is 3. The number of carbonyl (C=O) groups is 1. The number of nitrogens with zero attached hydrogens (tertiary/aromatic N) is 1. The van der Waals surface area contributed by atoms with E-state index < -0.39 is 5.91 Å². The van der Waals surface area contributed by atoms with Gasteiger partial charge in [0.15, 0.2) is 0 Å². The van der Waals surface area contributed by atoms with Gasteiger partial charge in [0, 0.05) is 20.4 Å². The maximum absolute atomic E-state index is 12.2. The molecule has 0 spiro atoms. The van der Waals surface area contributed by atoms with Crippen molar-refractivity contribution in [3.8, 4) is 6.07 Å². The van der Waals surface area contributed by atoms with Crippen molar-refractivity contribution in [1.29, 1.82) is 5.26 Å². The maximum Gasteiger partial charge on any atom is 0.266 e. The summed E-state index contributed by atoms with van der Waals surface area (Å²) < 4.78 is 0.936. The highest BCUT2D eigenvalue weighted by Crippen LogP contribution is 2.23. The lowest BCUT2D eigenvalue weighted by atomic mass is 10.1. The van der Waals surface area contributed by atoms with Gasteiger partial charge in [-0.1, -0.05) is 12.1 Å². The topological polar surface area (TPSA) is 52.9 Å². The molecule has 0 radical (unpaired) electrons. The van der Waals surface area contributed by atoms with Gasteiger partial charge in [-0.3, -0.25) is 4.79 Å². The van der Waals surface area contributed by atoms with Crippen LogP contribution in [0.3, 0.4) is 0 Å².